The molecule has 0 saturated carbocycles. The van der Waals surface area contributed by atoms with Gasteiger partial charge in [0.1, 0.15) is 0 Å². The quantitative estimate of drug-likeness (QED) is 0.661. The Balaban J connectivity index is 0.000000206. The first-order chi connectivity index (χ1) is 12.5. The van der Waals surface area contributed by atoms with Crippen molar-refractivity contribution in [2.75, 3.05) is 13.1 Å². The van der Waals surface area contributed by atoms with Gasteiger partial charge in [-0.05, 0) is 74.4 Å². The molecule has 0 radical (unpaired) electrons. The Labute approximate surface area is 154 Å². The summed E-state index contributed by atoms with van der Waals surface area (Å²) in [4.78, 5) is 0. The van der Waals surface area contributed by atoms with Crippen LogP contribution in [0.25, 0.3) is 0 Å². The molecule has 0 unspecified atom stereocenters. The molecule has 4 heteroatoms. The van der Waals surface area contributed by atoms with E-state index in [1.54, 1.807) is 17.2 Å². The number of hydrogen-bond acceptors (Lipinski definition) is 1. The summed E-state index contributed by atoms with van der Waals surface area (Å²) >= 11 is 0. The molecule has 0 amide bonds. The molecule has 0 aliphatic heterocycles. The van der Waals surface area contributed by atoms with Crippen molar-refractivity contribution in [2.45, 2.75) is 51.6 Å². The van der Waals surface area contributed by atoms with Crippen molar-refractivity contribution >= 4 is 0 Å². The van der Waals surface area contributed by atoms with Crippen molar-refractivity contribution < 1.29 is 13.2 Å². The molecule has 1 aliphatic carbocycles. The predicted octanol–water partition coefficient (Wildman–Crippen LogP) is 5.81. The predicted molar refractivity (Wildman–Crippen MR) is 101 cm³/mol. The molecule has 1 aliphatic rings. The van der Waals surface area contributed by atoms with E-state index in [1.807, 2.05) is 6.92 Å². The van der Waals surface area contributed by atoms with E-state index in [4.69, 9.17) is 0 Å². The number of rotatable bonds is 5. The standard InChI is InChI=1S/C12H16F3N.C10H12/c1-2-16-8-4-6-10-5-3-7-11(9-10)12(13,14)15;1-2-6-10-8-4-3-7-9(10)5-1/h3,5,7,9,16H,2,4,6,8H2,1H3;1-2,5-6H,3-4,7-8H2. The maximum atomic E-state index is 12.4. The first-order valence-corrected chi connectivity index (χ1v) is 9.44. The molecule has 1 nitrogen and oxygen atoms in total. The van der Waals surface area contributed by atoms with Crippen LogP contribution in [0.15, 0.2) is 48.5 Å². The number of hydrogen-bond donors (Lipinski definition) is 1. The van der Waals surface area contributed by atoms with Gasteiger partial charge in [0.2, 0.25) is 0 Å². The molecule has 2 aromatic rings. The summed E-state index contributed by atoms with van der Waals surface area (Å²) in [6, 6.07) is 14.3. The first-order valence-electron chi connectivity index (χ1n) is 9.44. The molecule has 0 saturated heterocycles. The average molecular weight is 363 g/mol. The highest BCUT2D eigenvalue weighted by Crippen LogP contribution is 2.29. The van der Waals surface area contributed by atoms with Crippen molar-refractivity contribution in [3.05, 3.63) is 70.8 Å². The van der Waals surface area contributed by atoms with Gasteiger partial charge >= 0.3 is 6.18 Å². The molecule has 1 N–H and O–H groups in total. The smallest absolute Gasteiger partial charge is 0.317 e. The summed E-state index contributed by atoms with van der Waals surface area (Å²) in [6.45, 7) is 3.74. The summed E-state index contributed by atoms with van der Waals surface area (Å²) < 4.78 is 37.2. The summed E-state index contributed by atoms with van der Waals surface area (Å²) in [7, 11) is 0. The van der Waals surface area contributed by atoms with E-state index in [2.05, 4.69) is 29.6 Å². The van der Waals surface area contributed by atoms with E-state index in [9.17, 15) is 13.2 Å². The fraction of sp³-hybridized carbons (Fsp3) is 0.455. The van der Waals surface area contributed by atoms with E-state index in [0.29, 0.717) is 6.42 Å². The van der Waals surface area contributed by atoms with Gasteiger partial charge in [-0.15, -0.1) is 0 Å². The summed E-state index contributed by atoms with van der Waals surface area (Å²) in [5.41, 5.74) is 3.34. The number of fused-ring (bicyclic) bond motifs is 1. The van der Waals surface area contributed by atoms with Crippen molar-refractivity contribution in [1.82, 2.24) is 5.32 Å². The monoisotopic (exact) mass is 363 g/mol. The molecule has 2 aromatic carbocycles. The van der Waals surface area contributed by atoms with Crippen molar-refractivity contribution in [2.24, 2.45) is 0 Å². The summed E-state index contributed by atoms with van der Waals surface area (Å²) in [5.74, 6) is 0. The summed E-state index contributed by atoms with van der Waals surface area (Å²) in [5, 5.41) is 3.14. The largest absolute Gasteiger partial charge is 0.416 e. The van der Waals surface area contributed by atoms with Crippen LogP contribution in [0.5, 0.6) is 0 Å². The second kappa shape index (κ2) is 10.4. The fourth-order valence-electron chi connectivity index (χ4n) is 3.17. The van der Waals surface area contributed by atoms with Gasteiger partial charge in [0, 0.05) is 0 Å². The Morgan fingerprint density at radius 2 is 1.58 bits per heavy atom. The molecular formula is C22H28F3N. The van der Waals surface area contributed by atoms with Crippen LogP contribution in [0.2, 0.25) is 0 Å². The maximum Gasteiger partial charge on any atom is 0.416 e. The Morgan fingerprint density at radius 1 is 0.923 bits per heavy atom. The van der Waals surface area contributed by atoms with E-state index in [-0.39, 0.29) is 0 Å². The maximum absolute atomic E-state index is 12.4. The van der Waals surface area contributed by atoms with Crippen LogP contribution in [-0.2, 0) is 25.4 Å². The molecule has 0 fully saturated rings. The van der Waals surface area contributed by atoms with Gasteiger partial charge in [0.25, 0.3) is 0 Å². The van der Waals surface area contributed by atoms with Crippen LogP contribution < -0.4 is 5.32 Å². The third-order valence-corrected chi connectivity index (χ3v) is 4.58. The number of nitrogens with one attached hydrogen (secondary N) is 1. The average Bonchev–Trinajstić information content (AvgIpc) is 2.65. The zero-order chi connectivity index (χ0) is 18.8. The van der Waals surface area contributed by atoms with E-state index < -0.39 is 11.7 Å². The number of aryl methyl sites for hydroxylation is 3. The minimum absolute atomic E-state index is 0.562. The van der Waals surface area contributed by atoms with Gasteiger partial charge in [-0.2, -0.15) is 13.2 Å². The minimum atomic E-state index is -4.24. The zero-order valence-corrected chi connectivity index (χ0v) is 15.4. The van der Waals surface area contributed by atoms with E-state index >= 15 is 0 Å². The third-order valence-electron chi connectivity index (χ3n) is 4.58. The van der Waals surface area contributed by atoms with Crippen molar-refractivity contribution in [1.29, 1.82) is 0 Å². The van der Waals surface area contributed by atoms with Crippen LogP contribution in [-0.4, -0.2) is 13.1 Å². The van der Waals surface area contributed by atoms with Crippen LogP contribution in [0.3, 0.4) is 0 Å². The highest BCUT2D eigenvalue weighted by Gasteiger charge is 2.30. The molecule has 0 heterocycles. The van der Waals surface area contributed by atoms with Crippen LogP contribution in [0, 0.1) is 0 Å². The number of halogens is 3. The Morgan fingerprint density at radius 3 is 2.15 bits per heavy atom. The number of alkyl halides is 3. The molecule has 3 rings (SSSR count). The highest BCUT2D eigenvalue weighted by atomic mass is 19.4. The first kappa shape index (κ1) is 20.5. The second-order valence-electron chi connectivity index (χ2n) is 6.63. The fourth-order valence-corrected chi connectivity index (χ4v) is 3.17. The van der Waals surface area contributed by atoms with Gasteiger partial charge in [0.05, 0.1) is 5.56 Å². The van der Waals surface area contributed by atoms with Crippen molar-refractivity contribution in [3.8, 4) is 0 Å². The zero-order valence-electron chi connectivity index (χ0n) is 15.4. The lowest BCUT2D eigenvalue weighted by atomic mass is 9.92. The van der Waals surface area contributed by atoms with Gasteiger partial charge in [-0.25, -0.2) is 0 Å². The molecule has 0 bridgehead atoms. The Kier molecular flexibility index (Phi) is 8.17. The topological polar surface area (TPSA) is 12.0 Å². The van der Waals surface area contributed by atoms with Crippen LogP contribution in [0.4, 0.5) is 13.2 Å². The van der Waals surface area contributed by atoms with Crippen LogP contribution >= 0.6 is 0 Å². The van der Waals surface area contributed by atoms with Gasteiger partial charge in [-0.1, -0.05) is 49.4 Å². The normalized spacial score (nSPS) is 13.5. The van der Waals surface area contributed by atoms with Gasteiger partial charge in [0.15, 0.2) is 0 Å². The molecule has 0 aromatic heterocycles. The SMILES string of the molecule is CCNCCCc1cccc(C(F)(F)F)c1.c1ccc2c(c1)CCCC2. The molecule has 142 valence electrons. The van der Waals surface area contributed by atoms with E-state index in [1.165, 1.54) is 37.8 Å². The van der Waals surface area contributed by atoms with Crippen molar-refractivity contribution in [3.63, 3.8) is 0 Å². The third kappa shape index (κ3) is 6.83. The lowest BCUT2D eigenvalue weighted by Gasteiger charge is -2.13. The Bertz CT molecular complexity index is 639. The minimum Gasteiger partial charge on any atom is -0.317 e. The van der Waals surface area contributed by atoms with Crippen LogP contribution in [0.1, 0.15) is 48.4 Å². The molecular weight excluding hydrogens is 335 g/mol. The summed E-state index contributed by atoms with van der Waals surface area (Å²) in [6.07, 6.45) is 2.67. The molecule has 0 spiro atoms. The molecule has 26 heavy (non-hydrogen) atoms. The lowest BCUT2D eigenvalue weighted by Crippen LogP contribution is -2.14. The molecule has 0 atom stereocenters. The second-order valence-corrected chi connectivity index (χ2v) is 6.63. The lowest BCUT2D eigenvalue weighted by molar-refractivity contribution is -0.137. The Hall–Kier alpha value is -1.81. The number of benzene rings is 2. The van der Waals surface area contributed by atoms with Gasteiger partial charge in [-0.3, -0.25) is 0 Å². The highest BCUT2D eigenvalue weighted by molar-refractivity contribution is 5.28. The van der Waals surface area contributed by atoms with Gasteiger partial charge < -0.3 is 5.32 Å². The van der Waals surface area contributed by atoms with E-state index in [0.717, 1.165) is 31.1 Å².